The molecule has 3 rings (SSSR count). The van der Waals surface area contributed by atoms with Crippen LogP contribution in [-0.2, 0) is 11.3 Å². The van der Waals surface area contributed by atoms with Crippen molar-refractivity contribution in [2.24, 2.45) is 5.92 Å². The average Bonchev–Trinajstić information content (AvgIpc) is 3.06. The van der Waals surface area contributed by atoms with Crippen molar-refractivity contribution in [3.63, 3.8) is 0 Å². The molecule has 28 heavy (non-hydrogen) atoms. The van der Waals surface area contributed by atoms with E-state index >= 15 is 0 Å². The van der Waals surface area contributed by atoms with Gasteiger partial charge in [0.1, 0.15) is 5.82 Å². The number of benzene rings is 2. The van der Waals surface area contributed by atoms with E-state index in [1.807, 2.05) is 0 Å². The van der Waals surface area contributed by atoms with Gasteiger partial charge in [0.2, 0.25) is 5.91 Å². The summed E-state index contributed by atoms with van der Waals surface area (Å²) in [5, 5.41) is 2.88. The summed E-state index contributed by atoms with van der Waals surface area (Å²) < 4.78 is 23.4. The molecule has 1 fully saturated rings. The van der Waals surface area contributed by atoms with Crippen LogP contribution in [0.2, 0.25) is 0 Å². The van der Waals surface area contributed by atoms with Gasteiger partial charge >= 0.3 is 0 Å². The van der Waals surface area contributed by atoms with Crippen LogP contribution in [-0.4, -0.2) is 44.0 Å². The van der Waals surface area contributed by atoms with Crippen molar-refractivity contribution < 1.29 is 23.5 Å². The predicted octanol–water partition coefficient (Wildman–Crippen LogP) is 2.62. The molecule has 0 radical (unpaired) electrons. The maximum Gasteiger partial charge on any atom is 0.251 e. The summed E-state index contributed by atoms with van der Waals surface area (Å²) in [7, 11) is 3.05. The van der Waals surface area contributed by atoms with E-state index in [1.54, 1.807) is 35.2 Å². The first-order valence-electron chi connectivity index (χ1n) is 9.02. The molecule has 0 aromatic heterocycles. The SMILES string of the molecule is COc1ccc(C(=O)NCC2CC(=O)N(Cc3ccc(F)cc3)C2)cc1OC. The van der Waals surface area contributed by atoms with Gasteiger partial charge in [-0.1, -0.05) is 12.1 Å². The van der Waals surface area contributed by atoms with Crippen LogP contribution in [0.1, 0.15) is 22.3 Å². The van der Waals surface area contributed by atoms with E-state index < -0.39 is 0 Å². The minimum Gasteiger partial charge on any atom is -0.493 e. The van der Waals surface area contributed by atoms with Crippen molar-refractivity contribution in [2.45, 2.75) is 13.0 Å². The maximum atomic E-state index is 13.0. The Morgan fingerprint density at radius 2 is 1.86 bits per heavy atom. The zero-order valence-corrected chi connectivity index (χ0v) is 15.9. The molecule has 0 bridgehead atoms. The van der Waals surface area contributed by atoms with Gasteiger partial charge in [-0.05, 0) is 35.9 Å². The third-order valence-corrected chi connectivity index (χ3v) is 4.78. The fourth-order valence-electron chi connectivity index (χ4n) is 3.27. The first kappa shape index (κ1) is 19.7. The lowest BCUT2D eigenvalue weighted by Gasteiger charge is -2.17. The lowest BCUT2D eigenvalue weighted by molar-refractivity contribution is -0.128. The lowest BCUT2D eigenvalue weighted by Crippen LogP contribution is -2.31. The van der Waals surface area contributed by atoms with Crippen LogP contribution >= 0.6 is 0 Å². The van der Waals surface area contributed by atoms with E-state index in [2.05, 4.69) is 5.32 Å². The predicted molar refractivity (Wildman–Crippen MR) is 102 cm³/mol. The number of amides is 2. The number of nitrogens with zero attached hydrogens (tertiary/aromatic N) is 1. The number of likely N-dealkylation sites (tertiary alicyclic amines) is 1. The number of rotatable bonds is 7. The summed E-state index contributed by atoms with van der Waals surface area (Å²) in [6, 6.07) is 11.1. The van der Waals surface area contributed by atoms with E-state index in [1.165, 1.54) is 26.4 Å². The monoisotopic (exact) mass is 386 g/mol. The fraction of sp³-hybridized carbons (Fsp3) is 0.333. The molecule has 1 N–H and O–H groups in total. The van der Waals surface area contributed by atoms with Crippen molar-refractivity contribution in [3.05, 3.63) is 59.4 Å². The van der Waals surface area contributed by atoms with Crippen LogP contribution in [0.5, 0.6) is 11.5 Å². The Morgan fingerprint density at radius 3 is 2.54 bits per heavy atom. The van der Waals surface area contributed by atoms with Crippen LogP contribution in [0.3, 0.4) is 0 Å². The van der Waals surface area contributed by atoms with Gasteiger partial charge in [0, 0.05) is 37.5 Å². The summed E-state index contributed by atoms with van der Waals surface area (Å²) in [6.07, 6.45) is 0.382. The number of nitrogens with one attached hydrogen (secondary N) is 1. The second-order valence-electron chi connectivity index (χ2n) is 6.75. The first-order chi connectivity index (χ1) is 13.5. The third kappa shape index (κ3) is 4.60. The molecule has 6 nitrogen and oxygen atoms in total. The normalized spacial score (nSPS) is 16.2. The first-order valence-corrected chi connectivity index (χ1v) is 9.02. The van der Waals surface area contributed by atoms with Gasteiger partial charge in [0.15, 0.2) is 11.5 Å². The highest BCUT2D eigenvalue weighted by Crippen LogP contribution is 2.27. The van der Waals surface area contributed by atoms with E-state index in [9.17, 15) is 14.0 Å². The van der Waals surface area contributed by atoms with Crippen LogP contribution in [0, 0.1) is 11.7 Å². The summed E-state index contributed by atoms with van der Waals surface area (Å²) in [6.45, 7) is 1.40. The number of hydrogen-bond acceptors (Lipinski definition) is 4. The summed E-state index contributed by atoms with van der Waals surface area (Å²) in [5.41, 5.74) is 1.34. The van der Waals surface area contributed by atoms with Crippen LogP contribution in [0.25, 0.3) is 0 Å². The van der Waals surface area contributed by atoms with Crippen molar-refractivity contribution >= 4 is 11.8 Å². The molecule has 2 aromatic rings. The van der Waals surface area contributed by atoms with E-state index in [0.717, 1.165) is 5.56 Å². The second kappa shape index (κ2) is 8.73. The fourth-order valence-corrected chi connectivity index (χ4v) is 3.27. The van der Waals surface area contributed by atoms with Gasteiger partial charge in [-0.2, -0.15) is 0 Å². The molecule has 0 spiro atoms. The molecule has 2 aromatic carbocycles. The summed E-state index contributed by atoms with van der Waals surface area (Å²) in [5.74, 6) is 0.581. The zero-order chi connectivity index (χ0) is 20.1. The second-order valence-corrected chi connectivity index (χ2v) is 6.75. The van der Waals surface area contributed by atoms with Gasteiger partial charge in [-0.25, -0.2) is 4.39 Å². The highest BCUT2D eigenvalue weighted by molar-refractivity contribution is 5.95. The number of ether oxygens (including phenoxy) is 2. The van der Waals surface area contributed by atoms with Gasteiger partial charge in [-0.3, -0.25) is 9.59 Å². The third-order valence-electron chi connectivity index (χ3n) is 4.78. The number of hydrogen-bond donors (Lipinski definition) is 1. The standard InChI is InChI=1S/C21H23FN2O4/c1-27-18-8-5-16(10-19(18)28-2)21(26)23-11-15-9-20(25)24(13-15)12-14-3-6-17(22)7-4-14/h3-8,10,15H,9,11-13H2,1-2H3,(H,23,26). The van der Waals surface area contributed by atoms with Crippen LogP contribution in [0.4, 0.5) is 4.39 Å². The zero-order valence-electron chi connectivity index (χ0n) is 15.9. The van der Waals surface area contributed by atoms with E-state index in [4.69, 9.17) is 9.47 Å². The van der Waals surface area contributed by atoms with Crippen molar-refractivity contribution in [2.75, 3.05) is 27.3 Å². The Morgan fingerprint density at radius 1 is 1.14 bits per heavy atom. The topological polar surface area (TPSA) is 67.9 Å². The Bertz CT molecular complexity index is 854. The number of methoxy groups -OCH3 is 2. The minimum absolute atomic E-state index is 0.0368. The smallest absolute Gasteiger partial charge is 0.251 e. The Kier molecular flexibility index (Phi) is 6.13. The van der Waals surface area contributed by atoms with Crippen molar-refractivity contribution in [3.8, 4) is 11.5 Å². The molecule has 148 valence electrons. The van der Waals surface area contributed by atoms with Crippen LogP contribution in [0.15, 0.2) is 42.5 Å². The lowest BCUT2D eigenvalue weighted by atomic mass is 10.1. The van der Waals surface area contributed by atoms with Gasteiger partial charge in [-0.15, -0.1) is 0 Å². The molecule has 1 aliphatic rings. The molecular weight excluding hydrogens is 363 g/mol. The molecule has 1 aliphatic heterocycles. The average molecular weight is 386 g/mol. The number of halogens is 1. The Labute approximate surface area is 163 Å². The highest BCUT2D eigenvalue weighted by atomic mass is 19.1. The molecule has 1 heterocycles. The molecule has 1 atom stereocenters. The number of carbonyl (C=O) groups excluding carboxylic acids is 2. The van der Waals surface area contributed by atoms with Crippen molar-refractivity contribution in [1.82, 2.24) is 10.2 Å². The van der Waals surface area contributed by atoms with E-state index in [-0.39, 0.29) is 23.5 Å². The summed E-state index contributed by atoms with van der Waals surface area (Å²) >= 11 is 0. The van der Waals surface area contributed by atoms with Crippen molar-refractivity contribution in [1.29, 1.82) is 0 Å². The quantitative estimate of drug-likeness (QED) is 0.794. The largest absolute Gasteiger partial charge is 0.493 e. The van der Waals surface area contributed by atoms with Gasteiger partial charge in [0.25, 0.3) is 5.91 Å². The molecule has 7 heteroatoms. The maximum absolute atomic E-state index is 13.0. The Hall–Kier alpha value is -3.09. The highest BCUT2D eigenvalue weighted by Gasteiger charge is 2.29. The minimum atomic E-state index is -0.299. The van der Waals surface area contributed by atoms with E-state index in [0.29, 0.717) is 43.1 Å². The van der Waals surface area contributed by atoms with Crippen LogP contribution < -0.4 is 14.8 Å². The van der Waals surface area contributed by atoms with Gasteiger partial charge in [0.05, 0.1) is 14.2 Å². The molecule has 1 unspecified atom stereocenters. The van der Waals surface area contributed by atoms with Gasteiger partial charge < -0.3 is 19.7 Å². The molecule has 1 saturated heterocycles. The summed E-state index contributed by atoms with van der Waals surface area (Å²) in [4.78, 5) is 26.4. The Balaban J connectivity index is 1.54. The molecule has 0 aliphatic carbocycles. The molecule has 0 saturated carbocycles. The number of carbonyl (C=O) groups is 2. The molecule has 2 amide bonds. The molecular formula is C21H23FN2O4.